The predicted molar refractivity (Wildman–Crippen MR) is 121 cm³/mol. The van der Waals surface area contributed by atoms with E-state index in [-0.39, 0.29) is 0 Å². The maximum absolute atomic E-state index is 4.93. The zero-order valence-electron chi connectivity index (χ0n) is 15.8. The molecule has 0 saturated heterocycles. The highest BCUT2D eigenvalue weighted by Crippen LogP contribution is 2.31. The highest BCUT2D eigenvalue weighted by molar-refractivity contribution is 8.14. The molecule has 0 aliphatic rings. The van der Waals surface area contributed by atoms with Crippen molar-refractivity contribution >= 4 is 34.3 Å². The third kappa shape index (κ3) is 5.62. The standard InChI is InChI=1S/C24H23NS2/c1-18-11-7-9-15-22(18)26-17-20(3)24(25-21-13-5-4-6-14-21)27-23-16-10-8-12-19(23)2/h4-17H,1-3H3/b20-17+,25-24-. The van der Waals surface area contributed by atoms with Crippen LogP contribution in [0.3, 0.4) is 0 Å². The predicted octanol–water partition coefficient (Wildman–Crippen LogP) is 7.82. The van der Waals surface area contributed by atoms with E-state index in [2.05, 4.69) is 74.7 Å². The van der Waals surface area contributed by atoms with Gasteiger partial charge in [0, 0.05) is 9.79 Å². The molecule has 3 aromatic rings. The normalized spacial score (nSPS) is 12.3. The van der Waals surface area contributed by atoms with Crippen LogP contribution in [0.1, 0.15) is 18.1 Å². The Bertz CT molecular complexity index is 959. The van der Waals surface area contributed by atoms with Crippen molar-refractivity contribution in [1.82, 2.24) is 0 Å². The highest BCUT2D eigenvalue weighted by Gasteiger charge is 2.09. The molecule has 0 aliphatic carbocycles. The minimum absolute atomic E-state index is 0.974. The lowest BCUT2D eigenvalue weighted by atomic mass is 10.2. The van der Waals surface area contributed by atoms with Gasteiger partial charge in [-0.2, -0.15) is 0 Å². The first kappa shape index (κ1) is 19.5. The molecule has 0 radical (unpaired) electrons. The van der Waals surface area contributed by atoms with Crippen LogP contribution in [0.15, 0.2) is 105 Å². The Labute approximate surface area is 170 Å². The first-order chi connectivity index (χ1) is 13.1. The second-order valence-electron chi connectivity index (χ2n) is 6.30. The summed E-state index contributed by atoms with van der Waals surface area (Å²) in [7, 11) is 0. The van der Waals surface area contributed by atoms with E-state index in [4.69, 9.17) is 4.99 Å². The van der Waals surface area contributed by atoms with Crippen LogP contribution in [0, 0.1) is 13.8 Å². The van der Waals surface area contributed by atoms with Crippen molar-refractivity contribution in [3.05, 3.63) is 101 Å². The van der Waals surface area contributed by atoms with Gasteiger partial charge in [0.25, 0.3) is 0 Å². The molecule has 0 aromatic heterocycles. The molecule has 136 valence electrons. The molecule has 1 nitrogen and oxygen atoms in total. The average Bonchev–Trinajstić information content (AvgIpc) is 2.69. The third-order valence-corrected chi connectivity index (χ3v) is 6.55. The monoisotopic (exact) mass is 389 g/mol. The SMILES string of the molecule is CC(=C\Sc1ccccc1C)/C(=N/c1ccccc1)Sc1ccccc1C. The smallest absolute Gasteiger partial charge is 0.105 e. The lowest BCUT2D eigenvalue weighted by molar-refractivity contribution is 1.31. The number of aliphatic imine (C=N–C) groups is 1. The van der Waals surface area contributed by atoms with Crippen molar-refractivity contribution < 1.29 is 0 Å². The van der Waals surface area contributed by atoms with E-state index < -0.39 is 0 Å². The van der Waals surface area contributed by atoms with Gasteiger partial charge in [-0.05, 0) is 67.1 Å². The number of para-hydroxylation sites is 1. The number of hydrogen-bond donors (Lipinski definition) is 0. The number of nitrogens with zero attached hydrogens (tertiary/aromatic N) is 1. The summed E-state index contributed by atoms with van der Waals surface area (Å²) in [5.41, 5.74) is 4.70. The summed E-state index contributed by atoms with van der Waals surface area (Å²) in [6.45, 7) is 6.43. The summed E-state index contributed by atoms with van der Waals surface area (Å²) in [5, 5.41) is 3.23. The number of benzene rings is 3. The molecule has 0 spiro atoms. The zero-order valence-corrected chi connectivity index (χ0v) is 17.5. The summed E-state index contributed by atoms with van der Waals surface area (Å²) < 4.78 is 0. The molecule has 0 amide bonds. The Morgan fingerprint density at radius 2 is 1.30 bits per heavy atom. The van der Waals surface area contributed by atoms with Gasteiger partial charge >= 0.3 is 0 Å². The summed E-state index contributed by atoms with van der Waals surface area (Å²) >= 11 is 3.48. The Kier molecular flexibility index (Phi) is 6.97. The van der Waals surface area contributed by atoms with E-state index in [0.717, 1.165) is 10.7 Å². The summed E-state index contributed by atoms with van der Waals surface area (Å²) in [4.78, 5) is 7.44. The molecule has 0 saturated carbocycles. The van der Waals surface area contributed by atoms with Crippen molar-refractivity contribution in [2.75, 3.05) is 0 Å². The second kappa shape index (κ2) is 9.63. The van der Waals surface area contributed by atoms with Crippen LogP contribution in [0.5, 0.6) is 0 Å². The molecule has 27 heavy (non-hydrogen) atoms. The van der Waals surface area contributed by atoms with Crippen molar-refractivity contribution in [2.24, 2.45) is 4.99 Å². The van der Waals surface area contributed by atoms with Crippen LogP contribution in [0.25, 0.3) is 0 Å². The van der Waals surface area contributed by atoms with E-state index >= 15 is 0 Å². The molecule has 0 unspecified atom stereocenters. The molecule has 0 heterocycles. The van der Waals surface area contributed by atoms with Gasteiger partial charge in [0.1, 0.15) is 5.04 Å². The van der Waals surface area contributed by atoms with Crippen LogP contribution in [0.4, 0.5) is 5.69 Å². The lowest BCUT2D eigenvalue weighted by Crippen LogP contribution is -1.95. The molecular formula is C24H23NS2. The van der Waals surface area contributed by atoms with E-state index in [9.17, 15) is 0 Å². The fraction of sp³-hybridized carbons (Fsp3) is 0.125. The van der Waals surface area contributed by atoms with Gasteiger partial charge in [0.2, 0.25) is 0 Å². The molecule has 0 bridgehead atoms. The average molecular weight is 390 g/mol. The van der Waals surface area contributed by atoms with Crippen LogP contribution < -0.4 is 0 Å². The van der Waals surface area contributed by atoms with Gasteiger partial charge in [0.15, 0.2) is 0 Å². The van der Waals surface area contributed by atoms with Gasteiger partial charge in [-0.25, -0.2) is 4.99 Å². The third-order valence-electron chi connectivity index (χ3n) is 4.08. The summed E-state index contributed by atoms with van der Waals surface area (Å²) in [5.74, 6) is 0. The van der Waals surface area contributed by atoms with Crippen molar-refractivity contribution in [2.45, 2.75) is 30.6 Å². The van der Waals surface area contributed by atoms with Crippen LogP contribution in [-0.2, 0) is 0 Å². The molecular weight excluding hydrogens is 366 g/mol. The summed E-state index contributed by atoms with van der Waals surface area (Å²) in [6, 6.07) is 27.1. The maximum atomic E-state index is 4.93. The van der Waals surface area contributed by atoms with E-state index in [1.165, 1.54) is 26.5 Å². The molecule has 0 fully saturated rings. The quantitative estimate of drug-likeness (QED) is 0.250. The highest BCUT2D eigenvalue weighted by atomic mass is 32.2. The summed E-state index contributed by atoms with van der Waals surface area (Å²) in [6.07, 6.45) is 0. The van der Waals surface area contributed by atoms with Crippen molar-refractivity contribution in [3.63, 3.8) is 0 Å². The molecule has 0 aliphatic heterocycles. The Balaban J connectivity index is 1.91. The fourth-order valence-electron chi connectivity index (χ4n) is 2.48. The van der Waals surface area contributed by atoms with Crippen molar-refractivity contribution in [1.29, 1.82) is 0 Å². The molecule has 3 aromatic carbocycles. The minimum Gasteiger partial charge on any atom is -0.241 e. The van der Waals surface area contributed by atoms with Gasteiger partial charge in [-0.3, -0.25) is 0 Å². The fourth-order valence-corrected chi connectivity index (χ4v) is 4.33. The zero-order chi connectivity index (χ0) is 19.1. The van der Waals surface area contributed by atoms with E-state index in [0.29, 0.717) is 0 Å². The maximum Gasteiger partial charge on any atom is 0.105 e. The largest absolute Gasteiger partial charge is 0.241 e. The first-order valence-electron chi connectivity index (χ1n) is 8.90. The van der Waals surface area contributed by atoms with E-state index in [1.807, 2.05) is 30.3 Å². The Hall–Kier alpha value is -2.23. The molecule has 0 N–H and O–H groups in total. The van der Waals surface area contributed by atoms with Crippen LogP contribution in [0.2, 0.25) is 0 Å². The van der Waals surface area contributed by atoms with Crippen LogP contribution in [-0.4, -0.2) is 5.04 Å². The number of aryl methyl sites for hydroxylation is 2. The van der Waals surface area contributed by atoms with Gasteiger partial charge < -0.3 is 0 Å². The minimum atomic E-state index is 0.974. The topological polar surface area (TPSA) is 12.4 Å². The Morgan fingerprint density at radius 1 is 0.741 bits per heavy atom. The van der Waals surface area contributed by atoms with Gasteiger partial charge in [-0.15, -0.1) is 0 Å². The Morgan fingerprint density at radius 3 is 1.93 bits per heavy atom. The van der Waals surface area contributed by atoms with Crippen LogP contribution >= 0.6 is 23.5 Å². The lowest BCUT2D eigenvalue weighted by Gasteiger charge is -2.10. The number of rotatable bonds is 5. The van der Waals surface area contributed by atoms with Gasteiger partial charge in [0.05, 0.1) is 5.69 Å². The van der Waals surface area contributed by atoms with Crippen molar-refractivity contribution in [3.8, 4) is 0 Å². The first-order valence-corrected chi connectivity index (χ1v) is 10.6. The molecule has 3 rings (SSSR count). The van der Waals surface area contributed by atoms with E-state index in [1.54, 1.807) is 23.5 Å². The number of thioether (sulfide) groups is 2. The molecule has 3 heteroatoms. The molecule has 0 atom stereocenters. The van der Waals surface area contributed by atoms with Gasteiger partial charge in [-0.1, -0.05) is 78.1 Å². The number of hydrogen-bond acceptors (Lipinski definition) is 3. The second-order valence-corrected chi connectivity index (χ2v) is 8.25.